The number of aliphatic imine (C=N–C) groups is 1. The Hall–Kier alpha value is -1.31. The molecule has 0 aliphatic heterocycles. The van der Waals surface area contributed by atoms with Gasteiger partial charge in [0.2, 0.25) is 10.0 Å². The Bertz CT molecular complexity index is 603. The summed E-state index contributed by atoms with van der Waals surface area (Å²) in [5.74, 6) is 1.15. The van der Waals surface area contributed by atoms with Crippen molar-refractivity contribution in [1.82, 2.24) is 15.4 Å². The third-order valence-corrected chi connectivity index (χ3v) is 4.41. The summed E-state index contributed by atoms with van der Waals surface area (Å²) in [6.07, 6.45) is 0. The maximum atomic E-state index is 12.1. The summed E-state index contributed by atoms with van der Waals surface area (Å²) >= 11 is 5.80. The average Bonchev–Trinajstić information content (AvgIpc) is 2.46. The van der Waals surface area contributed by atoms with Crippen LogP contribution in [0, 0.1) is 5.92 Å². The maximum Gasteiger partial charge on any atom is 0.240 e. The number of hydrogen-bond donors (Lipinski definition) is 3. The van der Waals surface area contributed by atoms with Crippen LogP contribution in [0.1, 0.15) is 13.8 Å². The Labute approximate surface area is 137 Å². The van der Waals surface area contributed by atoms with Crippen molar-refractivity contribution in [2.24, 2.45) is 10.9 Å². The van der Waals surface area contributed by atoms with E-state index in [1.54, 1.807) is 19.2 Å². The minimum absolute atomic E-state index is 0.155. The zero-order chi connectivity index (χ0) is 16.6. The molecule has 0 heterocycles. The van der Waals surface area contributed by atoms with Crippen molar-refractivity contribution in [2.75, 3.05) is 26.7 Å². The lowest BCUT2D eigenvalue weighted by Gasteiger charge is -2.13. The number of rotatable bonds is 7. The van der Waals surface area contributed by atoms with Crippen LogP contribution in [0.15, 0.2) is 34.2 Å². The molecule has 124 valence electrons. The number of hydrogen-bond acceptors (Lipinski definition) is 3. The van der Waals surface area contributed by atoms with Crippen molar-refractivity contribution >= 4 is 27.6 Å². The Balaban J connectivity index is 2.43. The normalized spacial score (nSPS) is 12.5. The van der Waals surface area contributed by atoms with Gasteiger partial charge in [-0.05, 0) is 24.1 Å². The van der Waals surface area contributed by atoms with Gasteiger partial charge in [-0.15, -0.1) is 0 Å². The van der Waals surface area contributed by atoms with Crippen LogP contribution in [0.4, 0.5) is 0 Å². The summed E-state index contributed by atoms with van der Waals surface area (Å²) < 4.78 is 26.7. The lowest BCUT2D eigenvalue weighted by atomic mass is 10.2. The second-order valence-corrected chi connectivity index (χ2v) is 7.33. The second-order valence-electron chi connectivity index (χ2n) is 5.13. The first-order valence-corrected chi connectivity index (χ1v) is 8.91. The topological polar surface area (TPSA) is 82.6 Å². The minimum Gasteiger partial charge on any atom is -0.356 e. The fourth-order valence-corrected chi connectivity index (χ4v) is 2.94. The summed E-state index contributed by atoms with van der Waals surface area (Å²) in [6, 6.07) is 6.16. The molecule has 0 radical (unpaired) electrons. The molecule has 22 heavy (non-hydrogen) atoms. The largest absolute Gasteiger partial charge is 0.356 e. The predicted octanol–water partition coefficient (Wildman–Crippen LogP) is 1.44. The Morgan fingerprint density at radius 1 is 1.27 bits per heavy atom. The molecule has 6 nitrogen and oxygen atoms in total. The molecule has 0 aromatic heterocycles. The van der Waals surface area contributed by atoms with Gasteiger partial charge in [0, 0.05) is 31.7 Å². The number of halogens is 1. The van der Waals surface area contributed by atoms with Crippen molar-refractivity contribution in [2.45, 2.75) is 18.7 Å². The molecule has 0 unspecified atom stereocenters. The highest BCUT2D eigenvalue weighted by Gasteiger charge is 2.13. The van der Waals surface area contributed by atoms with Gasteiger partial charge in [0.25, 0.3) is 0 Å². The van der Waals surface area contributed by atoms with Gasteiger partial charge in [0.05, 0.1) is 4.90 Å². The van der Waals surface area contributed by atoms with E-state index in [1.165, 1.54) is 12.1 Å². The molecule has 0 aliphatic rings. The van der Waals surface area contributed by atoms with Gasteiger partial charge < -0.3 is 10.6 Å². The van der Waals surface area contributed by atoms with Gasteiger partial charge >= 0.3 is 0 Å². The third kappa shape index (κ3) is 6.64. The van der Waals surface area contributed by atoms with E-state index in [4.69, 9.17) is 11.6 Å². The van der Waals surface area contributed by atoms with Crippen LogP contribution >= 0.6 is 11.6 Å². The molecule has 0 amide bonds. The van der Waals surface area contributed by atoms with E-state index in [2.05, 4.69) is 34.2 Å². The zero-order valence-electron chi connectivity index (χ0n) is 13.1. The SMILES string of the molecule is CN=C(NCCNS(=O)(=O)c1cccc(Cl)c1)NCC(C)C. The van der Waals surface area contributed by atoms with E-state index in [0.717, 1.165) is 6.54 Å². The van der Waals surface area contributed by atoms with Gasteiger partial charge in [-0.2, -0.15) is 0 Å². The molecule has 1 aromatic rings. The number of sulfonamides is 1. The molecule has 0 aliphatic carbocycles. The highest BCUT2D eigenvalue weighted by atomic mass is 35.5. The highest BCUT2D eigenvalue weighted by Crippen LogP contribution is 2.14. The van der Waals surface area contributed by atoms with E-state index in [0.29, 0.717) is 23.4 Å². The first-order chi connectivity index (χ1) is 10.3. The fourth-order valence-electron chi connectivity index (χ4n) is 1.61. The van der Waals surface area contributed by atoms with Crippen LogP contribution in [0.5, 0.6) is 0 Å². The van der Waals surface area contributed by atoms with E-state index in [-0.39, 0.29) is 11.4 Å². The molecule has 0 spiro atoms. The number of nitrogens with zero attached hydrogens (tertiary/aromatic N) is 1. The fraction of sp³-hybridized carbons (Fsp3) is 0.500. The monoisotopic (exact) mass is 346 g/mol. The molecule has 1 rings (SSSR count). The predicted molar refractivity (Wildman–Crippen MR) is 90.8 cm³/mol. The molecule has 3 N–H and O–H groups in total. The van der Waals surface area contributed by atoms with E-state index < -0.39 is 10.0 Å². The number of benzene rings is 1. The van der Waals surface area contributed by atoms with Gasteiger partial charge in [-0.3, -0.25) is 4.99 Å². The molecule has 0 fully saturated rings. The maximum absolute atomic E-state index is 12.1. The molecule has 0 saturated heterocycles. The average molecular weight is 347 g/mol. The van der Waals surface area contributed by atoms with Crippen molar-refractivity contribution < 1.29 is 8.42 Å². The van der Waals surface area contributed by atoms with Gasteiger partial charge in [-0.25, -0.2) is 13.1 Å². The smallest absolute Gasteiger partial charge is 0.240 e. The second kappa shape index (κ2) is 8.97. The van der Waals surface area contributed by atoms with Crippen LogP contribution in [0.25, 0.3) is 0 Å². The Morgan fingerprint density at radius 3 is 2.59 bits per heavy atom. The van der Waals surface area contributed by atoms with Crippen LogP contribution in [0.3, 0.4) is 0 Å². The van der Waals surface area contributed by atoms with Crippen molar-refractivity contribution in [3.63, 3.8) is 0 Å². The minimum atomic E-state index is -3.55. The van der Waals surface area contributed by atoms with Crippen molar-refractivity contribution in [1.29, 1.82) is 0 Å². The van der Waals surface area contributed by atoms with Gasteiger partial charge in [-0.1, -0.05) is 31.5 Å². The zero-order valence-corrected chi connectivity index (χ0v) is 14.6. The molecule has 0 atom stereocenters. The lowest BCUT2D eigenvalue weighted by Crippen LogP contribution is -2.42. The molecule has 1 aromatic carbocycles. The van der Waals surface area contributed by atoms with Gasteiger partial charge in [0.15, 0.2) is 5.96 Å². The number of nitrogens with one attached hydrogen (secondary N) is 3. The van der Waals surface area contributed by atoms with Crippen molar-refractivity contribution in [3.8, 4) is 0 Å². The summed E-state index contributed by atoms with van der Waals surface area (Å²) in [6.45, 7) is 5.67. The Morgan fingerprint density at radius 2 is 2.00 bits per heavy atom. The van der Waals surface area contributed by atoms with Crippen LogP contribution in [-0.2, 0) is 10.0 Å². The molecule has 0 bridgehead atoms. The highest BCUT2D eigenvalue weighted by molar-refractivity contribution is 7.89. The van der Waals surface area contributed by atoms with E-state index >= 15 is 0 Å². The Kier molecular flexibility index (Phi) is 7.64. The summed E-state index contributed by atoms with van der Waals surface area (Å²) in [5, 5.41) is 6.58. The molecular formula is C14H23ClN4O2S. The lowest BCUT2D eigenvalue weighted by molar-refractivity contribution is 0.579. The van der Waals surface area contributed by atoms with E-state index in [1.807, 2.05) is 0 Å². The first-order valence-electron chi connectivity index (χ1n) is 7.05. The molecule has 0 saturated carbocycles. The molecule has 8 heteroatoms. The first kappa shape index (κ1) is 18.7. The van der Waals surface area contributed by atoms with Crippen molar-refractivity contribution in [3.05, 3.63) is 29.3 Å². The number of guanidine groups is 1. The summed E-state index contributed by atoms with van der Waals surface area (Å²) in [4.78, 5) is 4.22. The van der Waals surface area contributed by atoms with Crippen LogP contribution in [-0.4, -0.2) is 41.1 Å². The van der Waals surface area contributed by atoms with Gasteiger partial charge in [0.1, 0.15) is 0 Å². The van der Waals surface area contributed by atoms with E-state index in [9.17, 15) is 8.42 Å². The third-order valence-electron chi connectivity index (χ3n) is 2.72. The van der Waals surface area contributed by atoms with Crippen LogP contribution < -0.4 is 15.4 Å². The molecular weight excluding hydrogens is 324 g/mol. The standard InChI is InChI=1S/C14H23ClN4O2S/c1-11(2)10-18-14(16-3)17-7-8-19-22(20,21)13-6-4-5-12(15)9-13/h4-6,9,11,19H,7-8,10H2,1-3H3,(H2,16,17,18). The summed E-state index contributed by atoms with van der Waals surface area (Å²) in [5.41, 5.74) is 0. The van der Waals surface area contributed by atoms with Crippen LogP contribution in [0.2, 0.25) is 5.02 Å². The summed E-state index contributed by atoms with van der Waals surface area (Å²) in [7, 11) is -1.88. The quantitative estimate of drug-likeness (QED) is 0.396.